The average Bonchev–Trinajstić information content (AvgIpc) is 3.14. The number of nitrogens with zero attached hydrogens (tertiary/aromatic N) is 1. The molecule has 0 aliphatic carbocycles. The predicted molar refractivity (Wildman–Crippen MR) is 138 cm³/mol. The Kier molecular flexibility index (Phi) is 4.12. The van der Waals surface area contributed by atoms with Gasteiger partial charge in [-0.1, -0.05) is 12.1 Å². The number of pyridine rings is 2. The molecule has 3 heterocycles. The van der Waals surface area contributed by atoms with Gasteiger partial charge in [-0.2, -0.15) is 0 Å². The van der Waals surface area contributed by atoms with Crippen molar-refractivity contribution in [3.63, 3.8) is 0 Å². The molecule has 0 unspecified atom stereocenters. The zero-order chi connectivity index (χ0) is 23.9. The summed E-state index contributed by atoms with van der Waals surface area (Å²) in [6, 6.07) is 15.4. The van der Waals surface area contributed by atoms with Crippen molar-refractivity contribution < 1.29 is 10.2 Å². The molecule has 3 aromatic carbocycles. The Morgan fingerprint density at radius 2 is 1.44 bits per heavy atom. The normalized spacial score (nSPS) is 11.9. The van der Waals surface area contributed by atoms with Crippen molar-refractivity contribution >= 4 is 38.1 Å². The topological polar surface area (TPSA) is 77.7 Å². The Morgan fingerprint density at radius 1 is 0.735 bits per heavy atom. The largest absolute Gasteiger partial charge is 0.508 e. The second kappa shape index (κ2) is 6.87. The summed E-state index contributed by atoms with van der Waals surface area (Å²) in [5, 5.41) is 24.5. The van der Waals surface area contributed by atoms with Crippen molar-refractivity contribution in [2.24, 2.45) is 0 Å². The highest BCUT2D eigenvalue weighted by Crippen LogP contribution is 2.43. The fraction of sp³-hybridized carbons (Fsp3) is 0.138. The number of phenolic OH excluding ortho intramolecular Hbond substituents is 2. The van der Waals surface area contributed by atoms with Crippen molar-refractivity contribution in [1.82, 2.24) is 9.38 Å². The highest BCUT2D eigenvalue weighted by molar-refractivity contribution is 6.22. The highest BCUT2D eigenvalue weighted by atomic mass is 16.3. The van der Waals surface area contributed by atoms with E-state index in [0.717, 1.165) is 66.0 Å². The van der Waals surface area contributed by atoms with Crippen LogP contribution in [0.15, 0.2) is 59.5 Å². The standard InChI is InChI=1S/C29H24N2O3/c1-14-5-6-19(13-23(14)32)25-26-21-9-15(2)16(3)11-22(21)30-29(34)28(26)31-8-7-18-12-24(33)17(4)10-20(18)27(25)31/h5-13,32-33H,1-4H3,(H,30,34). The average molecular weight is 449 g/mol. The molecule has 0 aliphatic rings. The molecule has 0 spiro atoms. The van der Waals surface area contributed by atoms with E-state index < -0.39 is 0 Å². The molecule has 6 aromatic rings. The van der Waals surface area contributed by atoms with E-state index in [1.165, 1.54) is 0 Å². The van der Waals surface area contributed by atoms with Crippen molar-refractivity contribution in [2.75, 3.05) is 0 Å². The maximum absolute atomic E-state index is 13.5. The molecule has 0 fully saturated rings. The first-order chi connectivity index (χ1) is 16.2. The molecule has 0 saturated carbocycles. The number of hydrogen-bond donors (Lipinski definition) is 3. The third-order valence-electron chi connectivity index (χ3n) is 7.10. The first-order valence-electron chi connectivity index (χ1n) is 11.3. The smallest absolute Gasteiger partial charge is 0.273 e. The van der Waals surface area contributed by atoms with Gasteiger partial charge in [-0.25, -0.2) is 0 Å². The maximum Gasteiger partial charge on any atom is 0.273 e. The number of aromatic amines is 1. The lowest BCUT2D eigenvalue weighted by molar-refractivity contribution is 0.471. The van der Waals surface area contributed by atoms with Gasteiger partial charge in [0.25, 0.3) is 5.56 Å². The lowest BCUT2D eigenvalue weighted by atomic mass is 9.95. The van der Waals surface area contributed by atoms with Gasteiger partial charge in [0.15, 0.2) is 0 Å². The predicted octanol–water partition coefficient (Wildman–Crippen LogP) is 6.40. The third kappa shape index (κ3) is 2.70. The van der Waals surface area contributed by atoms with Crippen LogP contribution in [-0.2, 0) is 0 Å². The quantitative estimate of drug-likeness (QED) is 0.272. The van der Waals surface area contributed by atoms with Crippen LogP contribution in [0.25, 0.3) is 49.2 Å². The number of rotatable bonds is 1. The van der Waals surface area contributed by atoms with Crippen LogP contribution in [0, 0.1) is 27.7 Å². The van der Waals surface area contributed by atoms with Gasteiger partial charge in [-0.15, -0.1) is 0 Å². The van der Waals surface area contributed by atoms with Gasteiger partial charge in [0.2, 0.25) is 0 Å². The van der Waals surface area contributed by atoms with E-state index >= 15 is 0 Å². The second-order valence-electron chi connectivity index (χ2n) is 9.30. The van der Waals surface area contributed by atoms with Gasteiger partial charge in [0.05, 0.1) is 5.52 Å². The molecule has 0 aliphatic heterocycles. The molecule has 168 valence electrons. The minimum Gasteiger partial charge on any atom is -0.508 e. The van der Waals surface area contributed by atoms with E-state index in [1.54, 1.807) is 12.1 Å². The summed E-state index contributed by atoms with van der Waals surface area (Å²) < 4.78 is 1.94. The van der Waals surface area contributed by atoms with E-state index in [2.05, 4.69) is 18.0 Å². The summed E-state index contributed by atoms with van der Waals surface area (Å²) >= 11 is 0. The van der Waals surface area contributed by atoms with Gasteiger partial charge in [-0.05, 0) is 97.3 Å². The minimum absolute atomic E-state index is 0.168. The zero-order valence-corrected chi connectivity index (χ0v) is 19.4. The summed E-state index contributed by atoms with van der Waals surface area (Å²) in [4.78, 5) is 16.5. The number of H-pyrrole nitrogens is 1. The van der Waals surface area contributed by atoms with Gasteiger partial charge < -0.3 is 19.6 Å². The number of benzene rings is 3. The minimum atomic E-state index is -0.168. The lowest BCUT2D eigenvalue weighted by Crippen LogP contribution is -2.08. The molecule has 0 saturated heterocycles. The number of phenols is 2. The van der Waals surface area contributed by atoms with Crippen molar-refractivity contribution in [2.45, 2.75) is 27.7 Å². The zero-order valence-electron chi connectivity index (χ0n) is 19.4. The third-order valence-corrected chi connectivity index (χ3v) is 7.10. The van der Waals surface area contributed by atoms with Crippen LogP contribution in [0.1, 0.15) is 22.3 Å². The van der Waals surface area contributed by atoms with Crippen LogP contribution in [-0.4, -0.2) is 19.6 Å². The molecule has 0 atom stereocenters. The van der Waals surface area contributed by atoms with Gasteiger partial charge in [-0.3, -0.25) is 4.79 Å². The fourth-order valence-electron chi connectivity index (χ4n) is 5.05. The molecule has 3 aromatic heterocycles. The van der Waals surface area contributed by atoms with E-state index in [4.69, 9.17) is 0 Å². The molecule has 34 heavy (non-hydrogen) atoms. The van der Waals surface area contributed by atoms with E-state index in [0.29, 0.717) is 5.52 Å². The number of fused-ring (bicyclic) bond motifs is 7. The molecule has 6 rings (SSSR count). The maximum atomic E-state index is 13.5. The van der Waals surface area contributed by atoms with Crippen LogP contribution < -0.4 is 5.56 Å². The Hall–Kier alpha value is -4.25. The van der Waals surface area contributed by atoms with Crippen LogP contribution >= 0.6 is 0 Å². The Labute approximate surface area is 195 Å². The van der Waals surface area contributed by atoms with Crippen LogP contribution in [0.3, 0.4) is 0 Å². The molecular weight excluding hydrogens is 424 g/mol. The van der Waals surface area contributed by atoms with Crippen LogP contribution in [0.5, 0.6) is 11.5 Å². The van der Waals surface area contributed by atoms with Crippen molar-refractivity contribution in [1.29, 1.82) is 0 Å². The monoisotopic (exact) mass is 448 g/mol. The molecule has 3 N–H and O–H groups in total. The molecular formula is C29H24N2O3. The van der Waals surface area contributed by atoms with Crippen LogP contribution in [0.2, 0.25) is 0 Å². The lowest BCUT2D eigenvalue weighted by Gasteiger charge is -2.10. The number of nitrogens with one attached hydrogen (secondary N) is 1. The number of aryl methyl sites for hydroxylation is 4. The Bertz CT molecular complexity index is 1890. The molecule has 0 radical (unpaired) electrons. The first kappa shape index (κ1) is 20.4. The van der Waals surface area contributed by atoms with Crippen LogP contribution in [0.4, 0.5) is 0 Å². The molecule has 5 heteroatoms. The van der Waals surface area contributed by atoms with Crippen molar-refractivity contribution in [3.05, 3.63) is 87.3 Å². The molecule has 5 nitrogen and oxygen atoms in total. The molecule has 0 amide bonds. The molecule has 0 bridgehead atoms. The van der Waals surface area contributed by atoms with Gasteiger partial charge in [0, 0.05) is 33.4 Å². The summed E-state index contributed by atoms with van der Waals surface area (Å²) in [6.45, 7) is 7.84. The van der Waals surface area contributed by atoms with E-state index in [9.17, 15) is 15.0 Å². The SMILES string of the molecule is Cc1cc2[nH]c(=O)c3c(c(-c4ccc(C)c(O)c4)c4c5cc(C)c(O)cc5ccn43)c2cc1C. The highest BCUT2D eigenvalue weighted by Gasteiger charge is 2.22. The summed E-state index contributed by atoms with van der Waals surface area (Å²) in [7, 11) is 0. The summed E-state index contributed by atoms with van der Waals surface area (Å²) in [5.41, 5.74) is 7.56. The Morgan fingerprint density at radius 3 is 2.21 bits per heavy atom. The summed E-state index contributed by atoms with van der Waals surface area (Å²) in [6.07, 6.45) is 1.88. The van der Waals surface area contributed by atoms with Crippen molar-refractivity contribution in [3.8, 4) is 22.6 Å². The second-order valence-corrected chi connectivity index (χ2v) is 9.30. The van der Waals surface area contributed by atoms with Gasteiger partial charge >= 0.3 is 0 Å². The number of aromatic nitrogens is 2. The first-order valence-corrected chi connectivity index (χ1v) is 11.3. The summed E-state index contributed by atoms with van der Waals surface area (Å²) in [5.74, 6) is 0.442. The van der Waals surface area contributed by atoms with E-state index in [1.807, 2.05) is 61.7 Å². The number of aromatic hydroxyl groups is 2. The van der Waals surface area contributed by atoms with Gasteiger partial charge in [0.1, 0.15) is 17.0 Å². The Balaban J connectivity index is 1.97. The number of hydrogen-bond acceptors (Lipinski definition) is 3. The fourth-order valence-corrected chi connectivity index (χ4v) is 5.05. The van der Waals surface area contributed by atoms with E-state index in [-0.39, 0.29) is 17.1 Å².